The molecule has 0 bridgehead atoms. The number of hydrogen-bond acceptors (Lipinski definition) is 3. The Bertz CT molecular complexity index is 929. The average molecular weight is 390 g/mol. The normalized spacial score (nSPS) is 12.9. The number of nitrogens with one attached hydrogen (secondary N) is 1. The molecule has 0 fully saturated rings. The molecule has 4 nitrogen and oxygen atoms in total. The molecule has 126 valence electrons. The van der Waals surface area contributed by atoms with Gasteiger partial charge in [0.15, 0.2) is 5.16 Å². The number of benzene rings is 2. The summed E-state index contributed by atoms with van der Waals surface area (Å²) in [6, 6.07) is 12.4. The van der Waals surface area contributed by atoms with Gasteiger partial charge in [-0.1, -0.05) is 53.2 Å². The van der Waals surface area contributed by atoms with Crippen molar-refractivity contribution < 1.29 is 4.79 Å². The summed E-state index contributed by atoms with van der Waals surface area (Å²) in [7, 11) is 0. The van der Waals surface area contributed by atoms with E-state index in [-0.39, 0.29) is 5.91 Å². The van der Waals surface area contributed by atoms with Crippen LogP contribution in [0.5, 0.6) is 0 Å². The van der Waals surface area contributed by atoms with Crippen molar-refractivity contribution in [3.05, 3.63) is 64.3 Å². The van der Waals surface area contributed by atoms with Crippen molar-refractivity contribution in [1.29, 1.82) is 0 Å². The second kappa shape index (κ2) is 6.75. The number of carbonyl (C=O) groups is 1. The van der Waals surface area contributed by atoms with E-state index in [2.05, 4.69) is 14.9 Å². The fourth-order valence-electron chi connectivity index (χ4n) is 2.73. The maximum Gasteiger partial charge on any atom is 0.255 e. The fourth-order valence-corrected chi connectivity index (χ4v) is 4.20. The van der Waals surface area contributed by atoms with Crippen molar-refractivity contribution in [3.8, 4) is 11.3 Å². The minimum atomic E-state index is -0.266. The molecular formula is C18H13Cl2N3OS. The average Bonchev–Trinajstić information content (AvgIpc) is 3.16. The van der Waals surface area contributed by atoms with Crippen LogP contribution in [-0.4, -0.2) is 21.2 Å². The first-order chi connectivity index (χ1) is 12.1. The Kier molecular flexibility index (Phi) is 4.46. The summed E-state index contributed by atoms with van der Waals surface area (Å²) in [5.41, 5.74) is 2.84. The van der Waals surface area contributed by atoms with E-state index in [1.165, 1.54) is 0 Å². The first kappa shape index (κ1) is 16.5. The first-order valence-electron chi connectivity index (χ1n) is 7.67. The molecule has 3 aromatic rings. The molecule has 0 saturated heterocycles. The van der Waals surface area contributed by atoms with Gasteiger partial charge in [-0.25, -0.2) is 4.98 Å². The second-order valence-electron chi connectivity index (χ2n) is 5.61. The molecule has 1 amide bonds. The Morgan fingerprint density at radius 3 is 2.68 bits per heavy atom. The summed E-state index contributed by atoms with van der Waals surface area (Å²) in [5, 5.41) is 4.79. The molecule has 0 atom stereocenters. The Balaban J connectivity index is 1.65. The lowest BCUT2D eigenvalue weighted by Crippen LogP contribution is -2.12. The summed E-state index contributed by atoms with van der Waals surface area (Å²) in [6.07, 6.45) is 2.02. The number of hydrogen-bond donors (Lipinski definition) is 1. The van der Waals surface area contributed by atoms with Gasteiger partial charge in [0, 0.05) is 39.7 Å². The van der Waals surface area contributed by atoms with Crippen LogP contribution in [0.2, 0.25) is 10.0 Å². The van der Waals surface area contributed by atoms with Crippen molar-refractivity contribution >= 4 is 46.6 Å². The SMILES string of the molecule is O=C(Nc1ccccc1-c1cn2c(n1)SCC2)c1cc(Cl)cc(Cl)c1. The van der Waals surface area contributed by atoms with Gasteiger partial charge in [-0.2, -0.15) is 0 Å². The predicted octanol–water partition coefficient (Wildman–Crippen LogP) is 5.21. The molecule has 4 rings (SSSR count). The zero-order valence-electron chi connectivity index (χ0n) is 13.0. The number of carbonyl (C=O) groups excluding carboxylic acids is 1. The number of rotatable bonds is 3. The molecule has 25 heavy (non-hydrogen) atoms. The topological polar surface area (TPSA) is 46.9 Å². The maximum atomic E-state index is 12.6. The van der Waals surface area contributed by atoms with Crippen LogP contribution >= 0.6 is 35.0 Å². The molecule has 2 heterocycles. The molecule has 1 aliphatic heterocycles. The Morgan fingerprint density at radius 2 is 1.92 bits per heavy atom. The highest BCUT2D eigenvalue weighted by Gasteiger charge is 2.18. The van der Waals surface area contributed by atoms with Crippen molar-refractivity contribution in [1.82, 2.24) is 9.55 Å². The summed E-state index contributed by atoms with van der Waals surface area (Å²) in [6.45, 7) is 0.961. The zero-order valence-corrected chi connectivity index (χ0v) is 15.3. The number of amides is 1. The van der Waals surface area contributed by atoms with Crippen LogP contribution in [0.3, 0.4) is 0 Å². The van der Waals surface area contributed by atoms with Crippen molar-refractivity contribution in [2.45, 2.75) is 11.7 Å². The molecule has 0 unspecified atom stereocenters. The zero-order chi connectivity index (χ0) is 17.4. The quantitative estimate of drug-likeness (QED) is 0.668. The van der Waals surface area contributed by atoms with Gasteiger partial charge in [0.2, 0.25) is 0 Å². The molecule has 1 aliphatic rings. The molecule has 1 aromatic heterocycles. The number of para-hydroxylation sites is 1. The number of thioether (sulfide) groups is 1. The number of imidazole rings is 1. The molecular weight excluding hydrogens is 377 g/mol. The molecule has 0 spiro atoms. The predicted molar refractivity (Wildman–Crippen MR) is 103 cm³/mol. The van der Waals surface area contributed by atoms with E-state index in [0.717, 1.165) is 28.7 Å². The van der Waals surface area contributed by atoms with Gasteiger partial charge in [0.25, 0.3) is 5.91 Å². The van der Waals surface area contributed by atoms with Gasteiger partial charge in [-0.15, -0.1) is 0 Å². The lowest BCUT2D eigenvalue weighted by molar-refractivity contribution is 0.102. The fraction of sp³-hybridized carbons (Fsp3) is 0.111. The van der Waals surface area contributed by atoms with E-state index < -0.39 is 0 Å². The van der Waals surface area contributed by atoms with Gasteiger partial charge >= 0.3 is 0 Å². The Labute approximate surface area is 159 Å². The number of aryl methyl sites for hydroxylation is 1. The highest BCUT2D eigenvalue weighted by molar-refractivity contribution is 7.99. The molecule has 1 N–H and O–H groups in total. The second-order valence-corrected chi connectivity index (χ2v) is 7.54. The van der Waals surface area contributed by atoms with Gasteiger partial charge in [-0.05, 0) is 24.3 Å². The lowest BCUT2D eigenvalue weighted by atomic mass is 10.1. The number of anilines is 1. The smallest absolute Gasteiger partial charge is 0.255 e. The highest BCUT2D eigenvalue weighted by atomic mass is 35.5. The standard InChI is InChI=1S/C18H13Cl2N3OS/c19-12-7-11(8-13(20)9-12)17(24)21-15-4-2-1-3-14(15)16-10-23-5-6-25-18(23)22-16/h1-4,7-10H,5-6H2,(H,21,24). The van der Waals surface area contributed by atoms with E-state index in [4.69, 9.17) is 23.2 Å². The molecule has 0 aliphatic carbocycles. The molecule has 2 aromatic carbocycles. The van der Waals surface area contributed by atoms with E-state index in [9.17, 15) is 4.79 Å². The largest absolute Gasteiger partial charge is 0.325 e. The number of nitrogens with zero attached hydrogens (tertiary/aromatic N) is 2. The maximum absolute atomic E-state index is 12.6. The van der Waals surface area contributed by atoms with Crippen LogP contribution in [0.25, 0.3) is 11.3 Å². The first-order valence-corrected chi connectivity index (χ1v) is 9.41. The van der Waals surface area contributed by atoms with Crippen molar-refractivity contribution in [2.75, 3.05) is 11.1 Å². The van der Waals surface area contributed by atoms with Gasteiger partial charge in [0.05, 0.1) is 11.4 Å². The monoisotopic (exact) mass is 389 g/mol. The minimum absolute atomic E-state index is 0.266. The summed E-state index contributed by atoms with van der Waals surface area (Å²) in [4.78, 5) is 17.2. The third kappa shape index (κ3) is 3.40. The Hall–Kier alpha value is -1.95. The summed E-state index contributed by atoms with van der Waals surface area (Å²) < 4.78 is 2.13. The van der Waals surface area contributed by atoms with Gasteiger partial charge < -0.3 is 9.88 Å². The van der Waals surface area contributed by atoms with Crippen molar-refractivity contribution in [2.24, 2.45) is 0 Å². The van der Waals surface area contributed by atoms with E-state index >= 15 is 0 Å². The number of halogens is 2. The highest BCUT2D eigenvalue weighted by Crippen LogP contribution is 2.32. The van der Waals surface area contributed by atoms with Crippen molar-refractivity contribution in [3.63, 3.8) is 0 Å². The number of aromatic nitrogens is 2. The third-order valence-corrected chi connectivity index (χ3v) is 5.29. The van der Waals surface area contributed by atoms with E-state index in [0.29, 0.717) is 21.3 Å². The molecule has 7 heteroatoms. The van der Waals surface area contributed by atoms with E-state index in [1.54, 1.807) is 30.0 Å². The van der Waals surface area contributed by atoms with Crippen LogP contribution in [-0.2, 0) is 6.54 Å². The molecule has 0 saturated carbocycles. The Morgan fingerprint density at radius 1 is 1.16 bits per heavy atom. The van der Waals surface area contributed by atoms with E-state index in [1.807, 2.05) is 30.5 Å². The van der Waals surface area contributed by atoms with Crippen LogP contribution in [0.1, 0.15) is 10.4 Å². The summed E-state index contributed by atoms with van der Waals surface area (Å²) in [5.74, 6) is 0.786. The van der Waals surface area contributed by atoms with Crippen LogP contribution in [0, 0.1) is 0 Å². The molecule has 0 radical (unpaired) electrons. The van der Waals surface area contributed by atoms with Crippen LogP contribution < -0.4 is 5.32 Å². The third-order valence-electron chi connectivity index (χ3n) is 3.88. The minimum Gasteiger partial charge on any atom is -0.325 e. The van der Waals surface area contributed by atoms with Gasteiger partial charge in [-0.3, -0.25) is 4.79 Å². The van der Waals surface area contributed by atoms with Crippen LogP contribution in [0.4, 0.5) is 5.69 Å². The van der Waals surface area contributed by atoms with Gasteiger partial charge in [0.1, 0.15) is 0 Å². The summed E-state index contributed by atoms with van der Waals surface area (Å²) >= 11 is 13.7. The lowest BCUT2D eigenvalue weighted by Gasteiger charge is -2.10. The van der Waals surface area contributed by atoms with Crippen LogP contribution in [0.15, 0.2) is 53.8 Å². The number of fused-ring (bicyclic) bond motifs is 1.